The first-order valence-electron chi connectivity index (χ1n) is 6.11. The Morgan fingerprint density at radius 3 is 2.00 bits per heavy atom. The molecule has 0 spiro atoms. The van der Waals surface area contributed by atoms with Crippen LogP contribution in [0.25, 0.3) is 0 Å². The molecule has 0 saturated carbocycles. The maximum absolute atomic E-state index is 12.4. The number of carboxylic acid groups (broad SMARTS) is 1. The Labute approximate surface area is 134 Å². The van der Waals surface area contributed by atoms with Crippen LogP contribution in [0.5, 0.6) is 0 Å². The molecule has 0 bridgehead atoms. The molecule has 2 aromatic carbocycles. The summed E-state index contributed by atoms with van der Waals surface area (Å²) in [5, 5.41) is 9.35. The second-order valence-electron chi connectivity index (χ2n) is 4.61. The zero-order chi connectivity index (χ0) is 16.0. The van der Waals surface area contributed by atoms with Crippen molar-refractivity contribution in [1.29, 1.82) is 0 Å². The lowest BCUT2D eigenvalue weighted by Crippen LogP contribution is -2.29. The van der Waals surface area contributed by atoms with Gasteiger partial charge in [0.1, 0.15) is 0 Å². The molecule has 7 heteroatoms. The van der Waals surface area contributed by atoms with Crippen molar-refractivity contribution in [2.45, 2.75) is 0 Å². The molecule has 2 amide bonds. The smallest absolute Gasteiger partial charge is 0.335 e. The van der Waals surface area contributed by atoms with Gasteiger partial charge in [0.25, 0.3) is 11.8 Å². The van der Waals surface area contributed by atoms with Gasteiger partial charge in [-0.25, -0.2) is 9.69 Å². The Balaban J connectivity index is 2.11. The first-order chi connectivity index (χ1) is 10.4. The Morgan fingerprint density at radius 1 is 0.955 bits per heavy atom. The maximum Gasteiger partial charge on any atom is 0.335 e. The Kier molecular flexibility index (Phi) is 3.39. The number of fused-ring (bicyclic) bond motifs is 1. The highest BCUT2D eigenvalue weighted by molar-refractivity contribution is 6.44. The lowest BCUT2D eigenvalue weighted by atomic mass is 10.1. The second kappa shape index (κ2) is 5.12. The number of amides is 2. The van der Waals surface area contributed by atoms with E-state index in [9.17, 15) is 14.4 Å². The average molecular weight is 336 g/mol. The SMILES string of the molecule is O=C(O)c1cccc(N2C(=O)c3cc(Cl)c(Cl)cc3C2=O)c1. The first kappa shape index (κ1) is 14.6. The molecular weight excluding hydrogens is 329 g/mol. The van der Waals surface area contributed by atoms with Crippen molar-refractivity contribution in [3.63, 3.8) is 0 Å². The third kappa shape index (κ3) is 2.15. The van der Waals surface area contributed by atoms with Crippen molar-refractivity contribution in [2.24, 2.45) is 0 Å². The van der Waals surface area contributed by atoms with E-state index >= 15 is 0 Å². The van der Waals surface area contributed by atoms with E-state index < -0.39 is 17.8 Å². The summed E-state index contributed by atoms with van der Waals surface area (Å²) in [5.74, 6) is -2.29. The summed E-state index contributed by atoms with van der Waals surface area (Å²) in [7, 11) is 0. The highest BCUT2D eigenvalue weighted by Gasteiger charge is 2.37. The first-order valence-corrected chi connectivity index (χ1v) is 6.87. The van der Waals surface area contributed by atoms with E-state index in [4.69, 9.17) is 28.3 Å². The average Bonchev–Trinajstić information content (AvgIpc) is 2.71. The number of hydrogen-bond acceptors (Lipinski definition) is 3. The summed E-state index contributed by atoms with van der Waals surface area (Å²) in [6, 6.07) is 8.24. The van der Waals surface area contributed by atoms with Gasteiger partial charge >= 0.3 is 5.97 Å². The standard InChI is InChI=1S/C15H7Cl2NO4/c16-11-5-9-10(6-12(11)17)14(20)18(13(9)19)8-3-1-2-7(4-8)15(21)22/h1-6H,(H,21,22). The molecule has 2 aromatic rings. The number of carboxylic acids is 1. The van der Waals surface area contributed by atoms with Crippen LogP contribution in [0.4, 0.5) is 5.69 Å². The van der Waals surface area contributed by atoms with Crippen molar-refractivity contribution >= 4 is 46.7 Å². The molecule has 1 heterocycles. The van der Waals surface area contributed by atoms with Gasteiger partial charge in [-0.15, -0.1) is 0 Å². The summed E-state index contributed by atoms with van der Waals surface area (Å²) in [5.41, 5.74) is 0.434. The van der Waals surface area contributed by atoms with E-state index in [-0.39, 0.29) is 32.4 Å². The molecule has 0 unspecified atom stereocenters. The van der Waals surface area contributed by atoms with Crippen LogP contribution in [0, 0.1) is 0 Å². The molecule has 1 aliphatic rings. The van der Waals surface area contributed by atoms with Gasteiger partial charge in [0.15, 0.2) is 0 Å². The third-order valence-corrected chi connectivity index (χ3v) is 4.00. The minimum absolute atomic E-state index is 0.0230. The van der Waals surface area contributed by atoms with Crippen molar-refractivity contribution < 1.29 is 19.5 Å². The van der Waals surface area contributed by atoms with Crippen molar-refractivity contribution in [2.75, 3.05) is 4.90 Å². The minimum atomic E-state index is -1.15. The van der Waals surface area contributed by atoms with Crippen LogP contribution in [-0.2, 0) is 0 Å². The molecule has 0 saturated heterocycles. The number of benzene rings is 2. The lowest BCUT2D eigenvalue weighted by molar-refractivity contribution is 0.0695. The molecule has 5 nitrogen and oxygen atoms in total. The maximum atomic E-state index is 12.4. The Bertz CT molecular complexity index is 806. The monoisotopic (exact) mass is 335 g/mol. The summed E-state index contributed by atoms with van der Waals surface area (Å²) in [4.78, 5) is 36.7. The van der Waals surface area contributed by atoms with Crippen LogP contribution in [0.1, 0.15) is 31.1 Å². The van der Waals surface area contributed by atoms with E-state index in [2.05, 4.69) is 0 Å². The predicted octanol–water partition coefficient (Wildman–Crippen LogP) is 3.49. The second-order valence-corrected chi connectivity index (χ2v) is 5.43. The number of anilines is 1. The molecular formula is C15H7Cl2NO4. The minimum Gasteiger partial charge on any atom is -0.478 e. The van der Waals surface area contributed by atoms with Crippen LogP contribution >= 0.6 is 23.2 Å². The third-order valence-electron chi connectivity index (χ3n) is 3.28. The Hall–Kier alpha value is -2.37. The van der Waals surface area contributed by atoms with Crippen molar-refractivity contribution in [3.8, 4) is 0 Å². The van der Waals surface area contributed by atoms with Crippen LogP contribution in [0.2, 0.25) is 10.0 Å². The van der Waals surface area contributed by atoms with Crippen LogP contribution in [0.15, 0.2) is 36.4 Å². The van der Waals surface area contributed by atoms with Crippen LogP contribution < -0.4 is 4.90 Å². The van der Waals surface area contributed by atoms with Crippen LogP contribution in [0.3, 0.4) is 0 Å². The zero-order valence-corrected chi connectivity index (χ0v) is 12.4. The van der Waals surface area contributed by atoms with E-state index in [1.54, 1.807) is 0 Å². The van der Waals surface area contributed by atoms with E-state index in [0.29, 0.717) is 0 Å². The van der Waals surface area contributed by atoms with E-state index in [1.165, 1.54) is 36.4 Å². The van der Waals surface area contributed by atoms with E-state index in [0.717, 1.165) is 4.90 Å². The topological polar surface area (TPSA) is 74.7 Å². The quantitative estimate of drug-likeness (QED) is 0.852. The highest BCUT2D eigenvalue weighted by atomic mass is 35.5. The predicted molar refractivity (Wildman–Crippen MR) is 81.0 cm³/mol. The van der Waals surface area contributed by atoms with Gasteiger partial charge in [-0.2, -0.15) is 0 Å². The molecule has 0 fully saturated rings. The molecule has 0 aromatic heterocycles. The number of imide groups is 1. The van der Waals surface area contributed by atoms with Crippen LogP contribution in [-0.4, -0.2) is 22.9 Å². The molecule has 110 valence electrons. The summed E-state index contributed by atoms with van der Waals surface area (Å²) < 4.78 is 0. The number of rotatable bonds is 2. The molecule has 22 heavy (non-hydrogen) atoms. The van der Waals surface area contributed by atoms with Crippen molar-refractivity contribution in [3.05, 3.63) is 63.1 Å². The normalized spacial score (nSPS) is 13.5. The summed E-state index contributed by atoms with van der Waals surface area (Å²) in [6.45, 7) is 0. The molecule has 1 N–H and O–H groups in total. The fourth-order valence-electron chi connectivity index (χ4n) is 2.25. The van der Waals surface area contributed by atoms with Crippen molar-refractivity contribution in [1.82, 2.24) is 0 Å². The number of carbonyl (C=O) groups is 3. The van der Waals surface area contributed by atoms with Gasteiger partial charge in [-0.1, -0.05) is 29.3 Å². The molecule has 1 aliphatic heterocycles. The molecule has 0 aliphatic carbocycles. The number of hydrogen-bond donors (Lipinski definition) is 1. The zero-order valence-electron chi connectivity index (χ0n) is 10.8. The van der Waals surface area contributed by atoms with Gasteiger partial charge in [-0.05, 0) is 30.3 Å². The largest absolute Gasteiger partial charge is 0.478 e. The number of nitrogens with zero attached hydrogens (tertiary/aromatic N) is 1. The molecule has 0 radical (unpaired) electrons. The van der Waals surface area contributed by atoms with Gasteiger partial charge < -0.3 is 5.11 Å². The van der Waals surface area contributed by atoms with Gasteiger partial charge in [0.05, 0.1) is 32.4 Å². The Morgan fingerprint density at radius 2 is 1.50 bits per heavy atom. The summed E-state index contributed by atoms with van der Waals surface area (Å²) in [6.07, 6.45) is 0. The van der Waals surface area contributed by atoms with Gasteiger partial charge in [0.2, 0.25) is 0 Å². The van der Waals surface area contributed by atoms with E-state index in [1.807, 2.05) is 0 Å². The number of carbonyl (C=O) groups excluding carboxylic acids is 2. The highest BCUT2D eigenvalue weighted by Crippen LogP contribution is 2.34. The van der Waals surface area contributed by atoms with Gasteiger partial charge in [0, 0.05) is 0 Å². The lowest BCUT2D eigenvalue weighted by Gasteiger charge is -2.14. The molecule has 0 atom stereocenters. The molecule has 3 rings (SSSR count). The fourth-order valence-corrected chi connectivity index (χ4v) is 2.57. The summed E-state index contributed by atoms with van der Waals surface area (Å²) >= 11 is 11.7. The van der Waals surface area contributed by atoms with Gasteiger partial charge in [-0.3, -0.25) is 9.59 Å². The number of aromatic carboxylic acids is 1. The fraction of sp³-hybridized carbons (Fsp3) is 0. The number of halogens is 2.